The Balaban J connectivity index is 1.58. The van der Waals surface area contributed by atoms with E-state index in [4.69, 9.17) is 28.4 Å². The third-order valence-corrected chi connectivity index (χ3v) is 10.7. The number of aliphatic hydroxyl groups excluding tert-OH is 11. The summed E-state index contributed by atoms with van der Waals surface area (Å²) < 4.78 is 35.6. The smallest absolute Gasteiger partial charge is 0.229 e. The summed E-state index contributed by atoms with van der Waals surface area (Å²) in [6, 6.07) is 3.44. The van der Waals surface area contributed by atoms with Gasteiger partial charge in [-0.15, -0.1) is 0 Å². The largest absolute Gasteiger partial charge is 0.462 e. The number of benzene rings is 1. The van der Waals surface area contributed by atoms with Crippen LogP contribution in [0.2, 0.25) is 0 Å². The molecule has 0 radical (unpaired) electrons. The molecule has 0 saturated carbocycles. The van der Waals surface area contributed by atoms with Crippen molar-refractivity contribution < 1.29 is 84.6 Å². The van der Waals surface area contributed by atoms with Crippen LogP contribution in [0.5, 0.6) is 11.5 Å². The van der Waals surface area contributed by atoms with E-state index < -0.39 is 118 Å². The predicted octanol–water partition coefficient (Wildman–Crippen LogP) is -2.16. The number of aryl methyl sites for hydroxylation is 1. The first kappa shape index (κ1) is 42.8. The van der Waals surface area contributed by atoms with E-state index in [1.54, 1.807) is 12.1 Å². The van der Waals surface area contributed by atoms with Gasteiger partial charge in [0.2, 0.25) is 12.6 Å². The van der Waals surface area contributed by atoms with Crippen molar-refractivity contribution in [2.24, 2.45) is 5.92 Å². The zero-order valence-electron chi connectivity index (χ0n) is 30.6. The highest BCUT2D eigenvalue weighted by Crippen LogP contribution is 2.48. The molecule has 11 N–H and O–H groups in total. The monoisotopic (exact) mass is 772 g/mol. The van der Waals surface area contributed by atoms with Gasteiger partial charge in [0.1, 0.15) is 84.7 Å². The summed E-state index contributed by atoms with van der Waals surface area (Å²) in [6.07, 6.45) is -19.9. The van der Waals surface area contributed by atoms with Crippen molar-refractivity contribution in [3.8, 4) is 11.5 Å². The average Bonchev–Trinajstić information content (AvgIpc) is 3.14. The number of ether oxygens (including phenoxy) is 6. The van der Waals surface area contributed by atoms with Crippen LogP contribution in [0, 0.1) is 5.92 Å². The second-order valence-corrected chi connectivity index (χ2v) is 14.7. The zero-order valence-corrected chi connectivity index (χ0v) is 30.6. The topological polar surface area (TPSA) is 278 Å². The van der Waals surface area contributed by atoms with E-state index >= 15 is 0 Å². The van der Waals surface area contributed by atoms with Crippen LogP contribution >= 0.6 is 0 Å². The van der Waals surface area contributed by atoms with Crippen molar-refractivity contribution in [1.82, 2.24) is 0 Å². The third kappa shape index (κ3) is 8.81. The van der Waals surface area contributed by atoms with Crippen molar-refractivity contribution in [1.29, 1.82) is 0 Å². The summed E-state index contributed by atoms with van der Waals surface area (Å²) in [4.78, 5) is 0. The molecular formula is C37H56O17. The molecule has 3 saturated heterocycles. The van der Waals surface area contributed by atoms with Gasteiger partial charge in [0, 0.05) is 11.5 Å². The molecule has 1 aliphatic carbocycles. The lowest BCUT2D eigenvalue weighted by Crippen LogP contribution is -2.65. The maximum absolute atomic E-state index is 11.7. The molecule has 17 atom stereocenters. The van der Waals surface area contributed by atoms with E-state index in [9.17, 15) is 56.2 Å². The van der Waals surface area contributed by atoms with Crippen LogP contribution < -0.4 is 9.47 Å². The van der Waals surface area contributed by atoms with Crippen LogP contribution in [-0.4, -0.2) is 168 Å². The summed E-state index contributed by atoms with van der Waals surface area (Å²) >= 11 is 0. The van der Waals surface area contributed by atoms with Gasteiger partial charge < -0.3 is 84.6 Å². The summed E-state index contributed by atoms with van der Waals surface area (Å²) in [6.45, 7) is 7.83. The molecule has 3 aliphatic heterocycles. The fourth-order valence-corrected chi connectivity index (χ4v) is 7.58. The van der Waals surface area contributed by atoms with Crippen LogP contribution in [0.25, 0.3) is 0 Å². The highest BCUT2D eigenvalue weighted by Gasteiger charge is 2.52. The highest BCUT2D eigenvalue weighted by atomic mass is 16.7. The fourth-order valence-electron chi connectivity index (χ4n) is 7.58. The van der Waals surface area contributed by atoms with Gasteiger partial charge in [-0.05, 0) is 56.7 Å². The van der Waals surface area contributed by atoms with E-state index in [1.165, 1.54) is 0 Å². The summed E-state index contributed by atoms with van der Waals surface area (Å²) in [7, 11) is 0. The Morgan fingerprint density at radius 2 is 1.19 bits per heavy atom. The molecule has 0 aromatic heterocycles. The first-order valence-electron chi connectivity index (χ1n) is 18.4. The molecule has 54 heavy (non-hydrogen) atoms. The van der Waals surface area contributed by atoms with E-state index in [2.05, 4.69) is 6.58 Å². The Morgan fingerprint density at radius 3 is 1.69 bits per heavy atom. The number of rotatable bonds is 13. The molecule has 0 unspecified atom stereocenters. The molecule has 1 aromatic carbocycles. The highest BCUT2D eigenvalue weighted by molar-refractivity contribution is 5.53. The first-order valence-corrected chi connectivity index (χ1v) is 18.4. The minimum atomic E-state index is -1.86. The van der Waals surface area contributed by atoms with E-state index in [0.717, 1.165) is 17.6 Å². The second-order valence-electron chi connectivity index (χ2n) is 14.7. The number of hydrogen-bond acceptors (Lipinski definition) is 17. The molecule has 0 spiro atoms. The summed E-state index contributed by atoms with van der Waals surface area (Å²) in [5.41, 5.74) is 2.98. The van der Waals surface area contributed by atoms with Gasteiger partial charge >= 0.3 is 0 Å². The molecule has 17 heteroatoms. The van der Waals surface area contributed by atoms with Crippen LogP contribution in [0.15, 0.2) is 35.9 Å². The number of allylic oxidation sites excluding steroid dienone is 3. The number of hydrogen-bond donors (Lipinski definition) is 11. The molecule has 0 bridgehead atoms. The van der Waals surface area contributed by atoms with Gasteiger partial charge in [-0.1, -0.05) is 37.1 Å². The van der Waals surface area contributed by atoms with Crippen LogP contribution in [0.3, 0.4) is 0 Å². The molecule has 1 aromatic rings. The molecule has 3 fully saturated rings. The third-order valence-electron chi connectivity index (χ3n) is 10.7. The summed E-state index contributed by atoms with van der Waals surface area (Å²) in [5.74, 6) is -0.341. The Labute approximate surface area is 313 Å². The minimum Gasteiger partial charge on any atom is -0.462 e. The minimum absolute atomic E-state index is 0.131. The zero-order chi connectivity index (χ0) is 39.6. The Hall–Kier alpha value is -2.30. The SMILES string of the molecule is C=C(C)[C@@H]1CCC(C)=C[C@H]1c1c(O[C@@H]2O[C@H](CO)[C@@H](O)[C@H](O)[C@H]2O)cc(CCC)cc1O[C@@H]1O[C@H](CO)[C@@H](O)[C@H](O[C@@H]2O[C@H](CO)[C@@H](O)[C@H](O)[C@H]2O)[C@H]1O. The van der Waals surface area contributed by atoms with Crippen molar-refractivity contribution >= 4 is 0 Å². The van der Waals surface area contributed by atoms with Gasteiger partial charge in [0.15, 0.2) is 6.29 Å². The van der Waals surface area contributed by atoms with Crippen LogP contribution in [0.4, 0.5) is 0 Å². The predicted molar refractivity (Wildman–Crippen MR) is 186 cm³/mol. The van der Waals surface area contributed by atoms with E-state index in [1.807, 2.05) is 26.8 Å². The summed E-state index contributed by atoms with van der Waals surface area (Å²) in [5, 5.41) is 116. The normalized spacial score (nSPS) is 41.6. The lowest BCUT2D eigenvalue weighted by molar-refractivity contribution is -0.352. The fraction of sp³-hybridized carbons (Fsp3) is 0.730. The maximum Gasteiger partial charge on any atom is 0.229 e. The first-order chi connectivity index (χ1) is 25.6. The maximum atomic E-state index is 11.7. The Kier molecular flexibility index (Phi) is 14.5. The van der Waals surface area contributed by atoms with Gasteiger partial charge in [-0.2, -0.15) is 0 Å². The molecular weight excluding hydrogens is 716 g/mol. The van der Waals surface area contributed by atoms with Crippen molar-refractivity contribution in [3.05, 3.63) is 47.1 Å². The lowest BCUT2D eigenvalue weighted by Gasteiger charge is -2.46. The van der Waals surface area contributed by atoms with Crippen molar-refractivity contribution in [2.75, 3.05) is 19.8 Å². The quantitative estimate of drug-likeness (QED) is 0.0953. The molecule has 4 aliphatic rings. The molecule has 5 rings (SSSR count). The average molecular weight is 773 g/mol. The van der Waals surface area contributed by atoms with Gasteiger partial charge in [-0.25, -0.2) is 0 Å². The Morgan fingerprint density at radius 1 is 0.704 bits per heavy atom. The van der Waals surface area contributed by atoms with Crippen molar-refractivity contribution in [2.45, 2.75) is 144 Å². The lowest BCUT2D eigenvalue weighted by atomic mass is 9.73. The van der Waals surface area contributed by atoms with Crippen molar-refractivity contribution in [3.63, 3.8) is 0 Å². The van der Waals surface area contributed by atoms with Gasteiger partial charge in [0.05, 0.1) is 19.8 Å². The van der Waals surface area contributed by atoms with Crippen LogP contribution in [-0.2, 0) is 25.4 Å². The molecule has 306 valence electrons. The van der Waals surface area contributed by atoms with E-state index in [0.29, 0.717) is 30.4 Å². The standard InChI is InChI=1S/C37H56O17/c1-5-6-17-10-20(49-35-31(46)29(44)26(41)22(12-38)51-35)25(19-9-16(4)7-8-18(19)15(2)3)21(11-17)50-37-33(48)34(28(43)24(14-40)53-37)54-36-32(47)30(45)27(42)23(13-39)52-36/h9-11,18-19,22-24,26-48H,2,5-8,12-14H2,1,3-4H3/t18-,19+,22+,23+,24+,26+,27+,28+,29-,30-,31+,32+,33+,34-,35+,36-,37+/m0/s1. The van der Waals surface area contributed by atoms with Gasteiger partial charge in [0.25, 0.3) is 0 Å². The van der Waals surface area contributed by atoms with E-state index in [-0.39, 0.29) is 17.4 Å². The Bertz CT molecular complexity index is 1440. The molecule has 0 amide bonds. The second kappa shape index (κ2) is 18.3. The molecule has 3 heterocycles. The molecule has 17 nitrogen and oxygen atoms in total. The number of aliphatic hydroxyl groups is 11. The van der Waals surface area contributed by atoms with Crippen LogP contribution in [0.1, 0.15) is 57.1 Å². The van der Waals surface area contributed by atoms with Gasteiger partial charge in [-0.3, -0.25) is 0 Å².